The summed E-state index contributed by atoms with van der Waals surface area (Å²) >= 11 is 0. The number of carbonyl (C=O) groups is 6. The van der Waals surface area contributed by atoms with Gasteiger partial charge in [-0.1, -0.05) is 169 Å². The van der Waals surface area contributed by atoms with Crippen molar-refractivity contribution in [2.45, 2.75) is 237 Å². The first-order valence-corrected chi connectivity index (χ1v) is 38.0. The summed E-state index contributed by atoms with van der Waals surface area (Å²) in [6.45, 7) is 29.1. The number of aliphatic imine (C=N–C) groups is 2. The fourth-order valence-corrected chi connectivity index (χ4v) is 15.8. The Balaban J connectivity index is 0.987. The number of ether oxygens (including phenoxy) is 12. The Morgan fingerprint density at radius 1 is 0.396 bits per heavy atom. The normalized spacial score (nSPS) is 28.8. The van der Waals surface area contributed by atoms with E-state index in [-0.39, 0.29) is 75.9 Å². The lowest BCUT2D eigenvalue weighted by Gasteiger charge is -2.37. The van der Waals surface area contributed by atoms with E-state index in [0.717, 1.165) is 88.2 Å². The van der Waals surface area contributed by atoms with Gasteiger partial charge in [-0.15, -0.1) is 0 Å². The minimum absolute atomic E-state index is 0.117. The van der Waals surface area contributed by atoms with Gasteiger partial charge in [0.15, 0.2) is 24.0 Å². The highest BCUT2D eigenvalue weighted by Gasteiger charge is 2.50. The van der Waals surface area contributed by atoms with Crippen LogP contribution in [0.1, 0.15) is 211 Å². The zero-order valence-corrected chi connectivity index (χ0v) is 63.6. The highest BCUT2D eigenvalue weighted by atomic mass is 16.6. The predicted molar refractivity (Wildman–Crippen MR) is 383 cm³/mol. The molecule has 4 fully saturated rings. The molecule has 2 aromatic rings. The van der Waals surface area contributed by atoms with Gasteiger partial charge >= 0.3 is 35.8 Å². The number of hydrogen-bond donors (Lipinski definition) is 0. The molecular formula is C81H122N2O18. The van der Waals surface area contributed by atoms with Gasteiger partial charge in [0, 0.05) is 0 Å². The van der Waals surface area contributed by atoms with Gasteiger partial charge in [-0.2, -0.15) is 0 Å². The van der Waals surface area contributed by atoms with Gasteiger partial charge in [0.1, 0.15) is 94.4 Å². The quantitative estimate of drug-likeness (QED) is 0.0467. The molecule has 2 heterocycles. The Kier molecular flexibility index (Phi) is 29.7. The van der Waals surface area contributed by atoms with Crippen LogP contribution in [0.2, 0.25) is 0 Å². The van der Waals surface area contributed by atoms with Crippen molar-refractivity contribution >= 4 is 47.6 Å². The molecule has 8 rings (SSSR count). The third kappa shape index (κ3) is 22.5. The van der Waals surface area contributed by atoms with Crippen LogP contribution in [0.25, 0.3) is 0 Å². The molecule has 6 aliphatic rings. The van der Waals surface area contributed by atoms with Crippen molar-refractivity contribution in [3.63, 3.8) is 0 Å². The van der Waals surface area contributed by atoms with Crippen molar-refractivity contribution < 1.29 is 85.6 Å². The molecular weight excluding hydrogens is 1290 g/mol. The van der Waals surface area contributed by atoms with Gasteiger partial charge in [-0.05, 0) is 161 Å². The maximum Gasteiger partial charge on any atom is 0.332 e. The number of hydrogen-bond acceptors (Lipinski definition) is 20. The minimum Gasteiger partial charge on any atom is -0.470 e. The second-order valence-corrected chi connectivity index (χ2v) is 33.2. The van der Waals surface area contributed by atoms with Gasteiger partial charge in [0.2, 0.25) is 0 Å². The summed E-state index contributed by atoms with van der Waals surface area (Å²) < 4.78 is 74.3. The Labute approximate surface area is 602 Å². The standard InChI is InChI=1S/C81H122N2O18/c1-49(2)59-31-27-53(9)35-65(59)90-41-69(84)96-45-80(15,46-97-70(85)42-91-66-36-54(10)28-32-60(66)50(3)4)77(88)94-39-63-73(57-23-19-17-20-24-57)100-75(82-63)79(13,14)76-83-64(74(101-76)58-25-21-18-22-26-58)40-95-78(89)81(16,47-98-71(86)43-92-67-37-55(11)29-33-61(67)51(5)6)48-99-72(87)44-93-68-38-56(12)30-34-62(68)52(7)8/h17-26,49-56,59-68,73-74H,27-48H2,1-16H3/t53-,54-,55-,56-,59+,60+,61+,62+,63+,64+,65-,66-,67-,68-,73+,74+/m1/s1. The van der Waals surface area contributed by atoms with E-state index in [9.17, 15) is 28.8 Å². The maximum absolute atomic E-state index is 14.8. The van der Waals surface area contributed by atoms with E-state index in [2.05, 4.69) is 83.1 Å². The molecule has 4 aliphatic carbocycles. The van der Waals surface area contributed by atoms with Crippen LogP contribution in [0.4, 0.5) is 0 Å². The van der Waals surface area contributed by atoms with Crippen LogP contribution >= 0.6 is 0 Å². The molecule has 2 aliphatic heterocycles. The molecule has 0 bridgehead atoms. The van der Waals surface area contributed by atoms with Crippen molar-refractivity contribution in [3.8, 4) is 0 Å². The lowest BCUT2D eigenvalue weighted by atomic mass is 9.75. The van der Waals surface area contributed by atoms with E-state index in [0.29, 0.717) is 71.0 Å². The lowest BCUT2D eigenvalue weighted by molar-refractivity contribution is -0.177. The highest BCUT2D eigenvalue weighted by Crippen LogP contribution is 2.43. The van der Waals surface area contributed by atoms with Crippen LogP contribution in [0, 0.1) is 87.3 Å². The third-order valence-electron chi connectivity index (χ3n) is 22.5. The molecule has 2 aromatic carbocycles. The van der Waals surface area contributed by atoms with Crippen molar-refractivity contribution in [1.29, 1.82) is 0 Å². The smallest absolute Gasteiger partial charge is 0.332 e. The van der Waals surface area contributed by atoms with Crippen LogP contribution in [0.3, 0.4) is 0 Å². The molecule has 101 heavy (non-hydrogen) atoms. The van der Waals surface area contributed by atoms with E-state index in [1.165, 1.54) is 13.8 Å². The van der Waals surface area contributed by atoms with Crippen LogP contribution in [-0.2, 0) is 85.6 Å². The molecule has 0 amide bonds. The van der Waals surface area contributed by atoms with Crippen molar-refractivity contribution in [2.75, 3.05) is 66.1 Å². The summed E-state index contributed by atoms with van der Waals surface area (Å²) in [6, 6.07) is 17.2. The largest absolute Gasteiger partial charge is 0.470 e. The Bertz CT molecular complexity index is 2750. The number of rotatable bonds is 34. The Morgan fingerprint density at radius 3 is 0.901 bits per heavy atom. The number of benzene rings is 2. The minimum atomic E-state index is -1.68. The zero-order chi connectivity index (χ0) is 73.3. The van der Waals surface area contributed by atoms with E-state index in [1.807, 2.05) is 74.5 Å². The molecule has 0 unspecified atom stereocenters. The zero-order valence-electron chi connectivity index (χ0n) is 63.6. The number of esters is 6. The predicted octanol–water partition coefficient (Wildman–Crippen LogP) is 14.3. The third-order valence-corrected chi connectivity index (χ3v) is 22.5. The first-order valence-electron chi connectivity index (χ1n) is 38.0. The molecule has 0 saturated heterocycles. The second kappa shape index (κ2) is 37.1. The SMILES string of the molecule is CC(C)[C@@H]1CC[C@@H](C)C[C@H]1OCC(=O)OCC(C)(COC(=O)CO[C@@H]1C[C@H](C)CC[C@H]1C(C)C)C(=O)OC[C@@H]1N=C(C(C)(C)C2=N[C@@H](COC(=O)C(C)(COC(=O)CO[C@@H]3C[C@H](C)CC[C@H]3C(C)C)COC(=O)CO[C@@H]3C[C@H](C)CC[C@H]3C(C)C)[C@H](c3ccccc3)O2)O[C@H]1c1ccccc1. The molecule has 0 aromatic heterocycles. The first-order chi connectivity index (χ1) is 47.9. The molecule has 0 N–H and O–H groups in total. The van der Waals surface area contributed by atoms with E-state index >= 15 is 0 Å². The summed E-state index contributed by atoms with van der Waals surface area (Å²) in [5, 5.41) is 0. The van der Waals surface area contributed by atoms with Gasteiger partial charge in [-0.25, -0.2) is 29.2 Å². The van der Waals surface area contributed by atoms with E-state index in [4.69, 9.17) is 66.8 Å². The summed E-state index contributed by atoms with van der Waals surface area (Å²) in [5.41, 5.74) is -3.06. The monoisotopic (exact) mass is 1410 g/mol. The van der Waals surface area contributed by atoms with E-state index in [1.54, 1.807) is 0 Å². The molecule has 564 valence electrons. The van der Waals surface area contributed by atoms with Crippen LogP contribution in [0.15, 0.2) is 70.6 Å². The average molecular weight is 1410 g/mol. The molecule has 16 atom stereocenters. The lowest BCUT2D eigenvalue weighted by Crippen LogP contribution is -2.42. The molecule has 20 heteroatoms. The number of nitrogens with zero attached hydrogens (tertiary/aromatic N) is 2. The van der Waals surface area contributed by atoms with Gasteiger partial charge < -0.3 is 56.8 Å². The number of carbonyl (C=O) groups excluding carboxylic acids is 6. The summed E-state index contributed by atoms with van der Waals surface area (Å²) in [5.74, 6) is 0.655. The Morgan fingerprint density at radius 2 is 0.653 bits per heavy atom. The average Bonchev–Trinajstić information content (AvgIpc) is 1.62. The summed E-state index contributed by atoms with van der Waals surface area (Å²) in [6.07, 6.45) is 9.71. The van der Waals surface area contributed by atoms with Crippen LogP contribution < -0.4 is 0 Å². The molecule has 0 spiro atoms. The van der Waals surface area contributed by atoms with Crippen molar-refractivity contribution in [3.05, 3.63) is 71.8 Å². The maximum atomic E-state index is 14.8. The topological polar surface area (TPSA) is 238 Å². The van der Waals surface area contributed by atoms with E-state index < -0.39 is 103 Å². The highest BCUT2D eigenvalue weighted by molar-refractivity contribution is 6.05. The molecule has 4 saturated carbocycles. The molecule has 20 nitrogen and oxygen atoms in total. The fourth-order valence-electron chi connectivity index (χ4n) is 15.8. The van der Waals surface area contributed by atoms with Crippen LogP contribution in [-0.4, -0.2) is 150 Å². The summed E-state index contributed by atoms with van der Waals surface area (Å²) in [4.78, 5) is 94.1. The van der Waals surface area contributed by atoms with Gasteiger partial charge in [0.05, 0.1) is 24.4 Å². The van der Waals surface area contributed by atoms with Crippen molar-refractivity contribution in [1.82, 2.24) is 0 Å². The first kappa shape index (κ1) is 80.7. The second-order valence-electron chi connectivity index (χ2n) is 33.2. The van der Waals surface area contributed by atoms with Crippen LogP contribution in [0.5, 0.6) is 0 Å². The molecule has 0 radical (unpaired) electrons. The van der Waals surface area contributed by atoms with Crippen molar-refractivity contribution in [2.24, 2.45) is 97.2 Å². The van der Waals surface area contributed by atoms with Gasteiger partial charge in [0.25, 0.3) is 0 Å². The van der Waals surface area contributed by atoms with Gasteiger partial charge in [-0.3, -0.25) is 9.59 Å². The Hall–Kier alpha value is -5.96. The fraction of sp³-hybridized carbons (Fsp3) is 0.753. The summed E-state index contributed by atoms with van der Waals surface area (Å²) in [7, 11) is 0.